The van der Waals surface area contributed by atoms with Crippen molar-refractivity contribution in [2.45, 2.75) is 19.0 Å². The van der Waals surface area contributed by atoms with Gasteiger partial charge in [0.1, 0.15) is 22.2 Å². The molecule has 132 valence electrons. The number of para-hydroxylation sites is 1. The van der Waals surface area contributed by atoms with Gasteiger partial charge in [-0.15, -0.1) is 11.3 Å². The molecule has 1 aliphatic heterocycles. The van der Waals surface area contributed by atoms with Crippen LogP contribution in [0, 0.1) is 11.6 Å². The van der Waals surface area contributed by atoms with Crippen LogP contribution in [0.2, 0.25) is 0 Å². The molecule has 1 saturated heterocycles. The number of nitrogens with one attached hydrogen (secondary N) is 1. The van der Waals surface area contributed by atoms with Crippen LogP contribution in [0.25, 0.3) is 10.2 Å². The molecule has 5 nitrogen and oxygen atoms in total. The third-order valence-corrected chi connectivity index (χ3v) is 5.39. The molecule has 2 heterocycles. The first-order chi connectivity index (χ1) is 12.4. The van der Waals surface area contributed by atoms with Crippen molar-refractivity contribution in [2.24, 2.45) is 0 Å². The van der Waals surface area contributed by atoms with Gasteiger partial charge in [0.05, 0.1) is 16.8 Å². The van der Waals surface area contributed by atoms with Crippen LogP contribution in [0.5, 0.6) is 0 Å². The summed E-state index contributed by atoms with van der Waals surface area (Å²) in [4.78, 5) is 30.6. The van der Waals surface area contributed by atoms with Crippen molar-refractivity contribution in [2.75, 3.05) is 0 Å². The van der Waals surface area contributed by atoms with Crippen LogP contribution in [0.4, 0.5) is 13.6 Å². The summed E-state index contributed by atoms with van der Waals surface area (Å²) in [5, 5.41) is 3.06. The minimum atomic E-state index is -1.67. The number of carbonyl (C=O) groups excluding carboxylic acids is 2. The van der Waals surface area contributed by atoms with Crippen LogP contribution >= 0.6 is 11.3 Å². The summed E-state index contributed by atoms with van der Waals surface area (Å²) in [6.07, 6.45) is 0. The number of fused-ring (bicyclic) bond motifs is 1. The second kappa shape index (κ2) is 5.84. The highest BCUT2D eigenvalue weighted by molar-refractivity contribution is 7.18. The van der Waals surface area contributed by atoms with Crippen LogP contribution in [0.1, 0.15) is 17.5 Å². The largest absolute Gasteiger partial charge is 0.325 e. The Labute approximate surface area is 151 Å². The first kappa shape index (κ1) is 16.6. The van der Waals surface area contributed by atoms with E-state index >= 15 is 0 Å². The lowest BCUT2D eigenvalue weighted by atomic mass is 9.91. The van der Waals surface area contributed by atoms with Crippen LogP contribution in [0.3, 0.4) is 0 Å². The van der Waals surface area contributed by atoms with E-state index in [1.807, 2.05) is 24.3 Å². The molecule has 0 spiro atoms. The molecule has 26 heavy (non-hydrogen) atoms. The van der Waals surface area contributed by atoms with Crippen LogP contribution in [-0.4, -0.2) is 21.8 Å². The molecular formula is C18H13F2N3O2S. The molecule has 1 aromatic heterocycles. The van der Waals surface area contributed by atoms with E-state index in [2.05, 4.69) is 10.3 Å². The van der Waals surface area contributed by atoms with Gasteiger partial charge in [0.15, 0.2) is 0 Å². The molecule has 3 aromatic rings. The summed E-state index contributed by atoms with van der Waals surface area (Å²) in [6.45, 7) is 1.33. The fraction of sp³-hybridized carbons (Fsp3) is 0.167. The van der Waals surface area contributed by atoms with E-state index in [1.165, 1.54) is 18.3 Å². The standard InChI is InChI=1S/C18H13F2N3O2S/c1-18(11-8-10(19)6-7-12(11)20)16(24)23(17(25)22-18)9-15-21-13-4-2-3-5-14(13)26-15/h2-8H,9H2,1H3,(H,22,25)/t18-/m0/s1. The number of hydrogen-bond acceptors (Lipinski definition) is 4. The Kier molecular flexibility index (Phi) is 3.73. The number of carbonyl (C=O) groups is 2. The van der Waals surface area contributed by atoms with Gasteiger partial charge in [0.2, 0.25) is 0 Å². The number of aromatic nitrogens is 1. The molecule has 0 aliphatic carbocycles. The molecule has 1 aliphatic rings. The predicted molar refractivity (Wildman–Crippen MR) is 92.4 cm³/mol. The average molecular weight is 373 g/mol. The van der Waals surface area contributed by atoms with Crippen LogP contribution in [-0.2, 0) is 16.9 Å². The van der Waals surface area contributed by atoms with E-state index in [1.54, 1.807) is 0 Å². The van der Waals surface area contributed by atoms with Gasteiger partial charge in [0, 0.05) is 5.56 Å². The Morgan fingerprint density at radius 1 is 1.19 bits per heavy atom. The number of thiazole rings is 1. The van der Waals surface area contributed by atoms with E-state index in [0.717, 1.165) is 33.3 Å². The minimum absolute atomic E-state index is 0.0312. The molecule has 0 saturated carbocycles. The summed E-state index contributed by atoms with van der Waals surface area (Å²) in [5.41, 5.74) is -1.10. The third-order valence-electron chi connectivity index (χ3n) is 4.37. The summed E-state index contributed by atoms with van der Waals surface area (Å²) < 4.78 is 28.6. The monoisotopic (exact) mass is 373 g/mol. The SMILES string of the molecule is C[C@@]1(c2cc(F)ccc2F)NC(=O)N(Cc2nc3ccccc3s2)C1=O. The number of halogens is 2. The molecule has 1 N–H and O–H groups in total. The molecular weight excluding hydrogens is 360 g/mol. The fourth-order valence-electron chi connectivity index (χ4n) is 3.03. The Hall–Kier alpha value is -2.87. The summed E-state index contributed by atoms with van der Waals surface area (Å²) >= 11 is 1.37. The molecule has 0 radical (unpaired) electrons. The quantitative estimate of drug-likeness (QED) is 0.715. The van der Waals surface area contributed by atoms with Crippen molar-refractivity contribution in [1.82, 2.24) is 15.2 Å². The van der Waals surface area contributed by atoms with E-state index in [0.29, 0.717) is 5.01 Å². The van der Waals surface area contributed by atoms with Gasteiger partial charge in [-0.2, -0.15) is 0 Å². The van der Waals surface area contributed by atoms with E-state index < -0.39 is 29.1 Å². The van der Waals surface area contributed by atoms with Crippen molar-refractivity contribution in [3.63, 3.8) is 0 Å². The van der Waals surface area contributed by atoms with Crippen molar-refractivity contribution in [1.29, 1.82) is 0 Å². The van der Waals surface area contributed by atoms with E-state index in [9.17, 15) is 18.4 Å². The fourth-order valence-corrected chi connectivity index (χ4v) is 3.98. The summed E-state index contributed by atoms with van der Waals surface area (Å²) in [7, 11) is 0. The molecule has 0 unspecified atom stereocenters. The second-order valence-corrected chi connectivity index (χ2v) is 7.26. The lowest BCUT2D eigenvalue weighted by Crippen LogP contribution is -2.41. The lowest BCUT2D eigenvalue weighted by molar-refractivity contribution is -0.131. The summed E-state index contributed by atoms with van der Waals surface area (Å²) in [6, 6.07) is 9.62. The maximum absolute atomic E-state index is 14.2. The highest BCUT2D eigenvalue weighted by Gasteiger charge is 2.50. The molecule has 1 fully saturated rings. The smallest absolute Gasteiger partial charge is 0.319 e. The van der Waals surface area contributed by atoms with Crippen molar-refractivity contribution in [3.8, 4) is 0 Å². The number of benzene rings is 2. The molecule has 3 amide bonds. The normalized spacial score (nSPS) is 20.0. The van der Waals surface area contributed by atoms with Crippen LogP contribution < -0.4 is 5.32 Å². The molecule has 0 bridgehead atoms. The Morgan fingerprint density at radius 2 is 1.96 bits per heavy atom. The number of imide groups is 1. The Bertz CT molecular complexity index is 1020. The predicted octanol–water partition coefficient (Wildman–Crippen LogP) is 3.54. The van der Waals surface area contributed by atoms with Gasteiger partial charge in [-0.05, 0) is 37.3 Å². The minimum Gasteiger partial charge on any atom is -0.319 e. The Morgan fingerprint density at radius 3 is 2.73 bits per heavy atom. The first-order valence-corrected chi connectivity index (χ1v) is 8.64. The summed E-state index contributed by atoms with van der Waals surface area (Å²) in [5.74, 6) is -2.09. The van der Waals surface area contributed by atoms with Crippen molar-refractivity contribution >= 4 is 33.5 Å². The number of hydrogen-bond donors (Lipinski definition) is 1. The van der Waals surface area contributed by atoms with Gasteiger partial charge in [-0.3, -0.25) is 9.69 Å². The zero-order valence-electron chi connectivity index (χ0n) is 13.6. The average Bonchev–Trinajstić information content (AvgIpc) is 3.11. The van der Waals surface area contributed by atoms with E-state index in [-0.39, 0.29) is 12.1 Å². The van der Waals surface area contributed by atoms with Gasteiger partial charge in [-0.25, -0.2) is 18.6 Å². The number of urea groups is 1. The topological polar surface area (TPSA) is 62.3 Å². The van der Waals surface area contributed by atoms with Gasteiger partial charge >= 0.3 is 6.03 Å². The van der Waals surface area contributed by atoms with E-state index in [4.69, 9.17) is 0 Å². The zero-order chi connectivity index (χ0) is 18.5. The molecule has 8 heteroatoms. The highest BCUT2D eigenvalue weighted by atomic mass is 32.1. The van der Waals surface area contributed by atoms with Crippen LogP contribution in [0.15, 0.2) is 42.5 Å². The number of amides is 3. The maximum atomic E-state index is 14.2. The van der Waals surface area contributed by atoms with Crippen molar-refractivity contribution < 1.29 is 18.4 Å². The zero-order valence-corrected chi connectivity index (χ0v) is 14.4. The highest BCUT2D eigenvalue weighted by Crippen LogP contribution is 2.33. The third kappa shape index (κ3) is 2.53. The van der Waals surface area contributed by atoms with Gasteiger partial charge < -0.3 is 5.32 Å². The Balaban J connectivity index is 1.67. The number of nitrogens with zero attached hydrogens (tertiary/aromatic N) is 2. The van der Waals surface area contributed by atoms with Gasteiger partial charge in [-0.1, -0.05) is 12.1 Å². The lowest BCUT2D eigenvalue weighted by Gasteiger charge is -2.22. The number of rotatable bonds is 3. The van der Waals surface area contributed by atoms with Gasteiger partial charge in [0.25, 0.3) is 5.91 Å². The first-order valence-electron chi connectivity index (χ1n) is 7.82. The van der Waals surface area contributed by atoms with Crippen molar-refractivity contribution in [3.05, 3.63) is 64.7 Å². The molecule has 4 rings (SSSR count). The molecule has 1 atom stereocenters. The molecule has 2 aromatic carbocycles. The second-order valence-electron chi connectivity index (χ2n) is 6.15. The maximum Gasteiger partial charge on any atom is 0.325 e.